The van der Waals surface area contributed by atoms with Gasteiger partial charge in [-0.15, -0.1) is 0 Å². The van der Waals surface area contributed by atoms with Gasteiger partial charge in [0.1, 0.15) is 0 Å². The third-order valence-corrected chi connectivity index (χ3v) is 3.32. The average molecular weight is 249 g/mol. The van der Waals surface area contributed by atoms with Crippen LogP contribution in [0.3, 0.4) is 0 Å². The lowest BCUT2D eigenvalue weighted by Gasteiger charge is -2.32. The smallest absolute Gasteiger partial charge is 0.254 e. The molecule has 1 N–H and O–H groups in total. The highest BCUT2D eigenvalue weighted by Crippen LogP contribution is 2.17. The Balaban J connectivity index is 2.20. The maximum Gasteiger partial charge on any atom is 0.254 e. The highest BCUT2D eigenvalue weighted by Gasteiger charge is 2.26. The van der Waals surface area contributed by atoms with Gasteiger partial charge in [-0.2, -0.15) is 0 Å². The number of benzene rings is 1. The summed E-state index contributed by atoms with van der Waals surface area (Å²) >= 11 is 0. The normalized spacial score (nSPS) is 19.9. The lowest BCUT2D eigenvalue weighted by molar-refractivity contribution is -0.0447. The molecule has 98 valence electrons. The van der Waals surface area contributed by atoms with Crippen LogP contribution < -0.4 is 0 Å². The maximum absolute atomic E-state index is 12.5. The van der Waals surface area contributed by atoms with Crippen LogP contribution >= 0.6 is 0 Å². The average Bonchev–Trinajstić information content (AvgIpc) is 2.38. The fourth-order valence-corrected chi connectivity index (χ4v) is 2.32. The van der Waals surface area contributed by atoms with Crippen LogP contribution in [-0.2, 0) is 4.74 Å². The fraction of sp³-hybridized carbons (Fsp3) is 0.500. The molecule has 0 saturated carbocycles. The summed E-state index contributed by atoms with van der Waals surface area (Å²) < 4.78 is 5.36. The van der Waals surface area contributed by atoms with E-state index in [9.17, 15) is 4.79 Å². The molecule has 0 bridgehead atoms. The van der Waals surface area contributed by atoms with E-state index in [0.29, 0.717) is 19.7 Å². The first-order valence-electron chi connectivity index (χ1n) is 6.21. The van der Waals surface area contributed by atoms with Crippen LogP contribution in [0.4, 0.5) is 0 Å². The summed E-state index contributed by atoms with van der Waals surface area (Å²) in [5.74, 6) is 0.0346. The Morgan fingerprint density at radius 2 is 2.11 bits per heavy atom. The lowest BCUT2D eigenvalue weighted by atomic mass is 10.0. The Hall–Kier alpha value is -1.39. The van der Waals surface area contributed by atoms with Crippen LogP contribution in [0.25, 0.3) is 0 Å². The molecule has 1 aliphatic rings. The summed E-state index contributed by atoms with van der Waals surface area (Å²) in [5.41, 5.74) is 2.76. The molecule has 1 atom stereocenters. The monoisotopic (exact) mass is 249 g/mol. The molecule has 0 spiro atoms. The Kier molecular flexibility index (Phi) is 3.99. The number of aliphatic hydroxyl groups excluding tert-OH is 1. The molecule has 1 unspecified atom stereocenters. The van der Waals surface area contributed by atoms with Crippen LogP contribution in [0.1, 0.15) is 21.5 Å². The molecule has 4 nitrogen and oxygen atoms in total. The Labute approximate surface area is 107 Å². The van der Waals surface area contributed by atoms with Crippen molar-refractivity contribution in [2.45, 2.75) is 20.0 Å². The quantitative estimate of drug-likeness (QED) is 0.855. The molecule has 1 amide bonds. The second-order valence-corrected chi connectivity index (χ2v) is 4.69. The molecule has 1 fully saturated rings. The highest BCUT2D eigenvalue weighted by atomic mass is 16.5. The predicted molar refractivity (Wildman–Crippen MR) is 68.6 cm³/mol. The summed E-state index contributed by atoms with van der Waals surface area (Å²) in [6.45, 7) is 5.39. The first-order valence-corrected chi connectivity index (χ1v) is 6.21. The first-order chi connectivity index (χ1) is 8.63. The van der Waals surface area contributed by atoms with Crippen molar-refractivity contribution in [2.75, 3.05) is 26.3 Å². The Morgan fingerprint density at radius 1 is 1.44 bits per heavy atom. The number of amides is 1. The topological polar surface area (TPSA) is 49.8 Å². The molecule has 1 aromatic carbocycles. The van der Waals surface area contributed by atoms with E-state index in [-0.39, 0.29) is 18.6 Å². The van der Waals surface area contributed by atoms with Crippen molar-refractivity contribution in [1.82, 2.24) is 4.90 Å². The van der Waals surface area contributed by atoms with Crippen LogP contribution in [-0.4, -0.2) is 48.3 Å². The van der Waals surface area contributed by atoms with Crippen molar-refractivity contribution in [3.8, 4) is 0 Å². The largest absolute Gasteiger partial charge is 0.394 e. The molecule has 0 aliphatic carbocycles. The second-order valence-electron chi connectivity index (χ2n) is 4.69. The SMILES string of the molecule is Cc1cccc(C)c1C(=O)N1CCOC(CO)C1. The van der Waals surface area contributed by atoms with Crippen molar-refractivity contribution < 1.29 is 14.6 Å². The van der Waals surface area contributed by atoms with Gasteiger partial charge in [-0.1, -0.05) is 18.2 Å². The number of ether oxygens (including phenoxy) is 1. The molecular formula is C14H19NO3. The van der Waals surface area contributed by atoms with Gasteiger partial charge in [0.25, 0.3) is 5.91 Å². The van der Waals surface area contributed by atoms with Gasteiger partial charge in [-0.3, -0.25) is 4.79 Å². The van der Waals surface area contributed by atoms with E-state index in [0.717, 1.165) is 16.7 Å². The van der Waals surface area contributed by atoms with E-state index in [1.54, 1.807) is 4.90 Å². The van der Waals surface area contributed by atoms with Gasteiger partial charge in [-0.05, 0) is 25.0 Å². The van der Waals surface area contributed by atoms with Gasteiger partial charge in [0.15, 0.2) is 0 Å². The van der Waals surface area contributed by atoms with E-state index in [2.05, 4.69) is 0 Å². The van der Waals surface area contributed by atoms with Crippen LogP contribution in [0.5, 0.6) is 0 Å². The predicted octanol–water partition coefficient (Wildman–Crippen LogP) is 1.14. The van der Waals surface area contributed by atoms with Crippen LogP contribution in [0.2, 0.25) is 0 Å². The van der Waals surface area contributed by atoms with Crippen LogP contribution in [0, 0.1) is 13.8 Å². The van der Waals surface area contributed by atoms with Crippen molar-refractivity contribution >= 4 is 5.91 Å². The van der Waals surface area contributed by atoms with Gasteiger partial charge in [0.2, 0.25) is 0 Å². The van der Waals surface area contributed by atoms with Gasteiger partial charge in [0, 0.05) is 18.7 Å². The van der Waals surface area contributed by atoms with Crippen molar-refractivity contribution in [3.63, 3.8) is 0 Å². The number of rotatable bonds is 2. The number of carbonyl (C=O) groups is 1. The van der Waals surface area contributed by atoms with Gasteiger partial charge in [0.05, 0.1) is 19.3 Å². The zero-order chi connectivity index (χ0) is 13.1. The highest BCUT2D eigenvalue weighted by molar-refractivity contribution is 5.97. The third-order valence-electron chi connectivity index (χ3n) is 3.32. The third kappa shape index (κ3) is 2.54. The summed E-state index contributed by atoms with van der Waals surface area (Å²) in [6, 6.07) is 5.85. The number of hydrogen-bond acceptors (Lipinski definition) is 3. The van der Waals surface area contributed by atoms with Crippen molar-refractivity contribution in [2.24, 2.45) is 0 Å². The van der Waals surface area contributed by atoms with E-state index >= 15 is 0 Å². The minimum Gasteiger partial charge on any atom is -0.394 e. The van der Waals surface area contributed by atoms with Crippen LogP contribution in [0.15, 0.2) is 18.2 Å². The van der Waals surface area contributed by atoms with Gasteiger partial charge in [-0.25, -0.2) is 0 Å². The molecule has 0 aromatic heterocycles. The molecule has 1 aliphatic heterocycles. The molecule has 1 saturated heterocycles. The minimum atomic E-state index is -0.257. The summed E-state index contributed by atoms with van der Waals surface area (Å²) in [7, 11) is 0. The maximum atomic E-state index is 12.5. The fourth-order valence-electron chi connectivity index (χ4n) is 2.32. The van der Waals surface area contributed by atoms with Crippen molar-refractivity contribution in [1.29, 1.82) is 0 Å². The van der Waals surface area contributed by atoms with Gasteiger partial charge >= 0.3 is 0 Å². The van der Waals surface area contributed by atoms with Gasteiger partial charge < -0.3 is 14.7 Å². The summed E-state index contributed by atoms with van der Waals surface area (Å²) in [5, 5.41) is 9.11. The number of aliphatic hydroxyl groups is 1. The number of aryl methyl sites for hydroxylation is 2. The number of carbonyl (C=O) groups excluding carboxylic acids is 1. The van der Waals surface area contributed by atoms with E-state index in [4.69, 9.17) is 9.84 Å². The lowest BCUT2D eigenvalue weighted by Crippen LogP contribution is -2.47. The first kappa shape index (κ1) is 13.1. The second kappa shape index (κ2) is 5.50. The molecule has 4 heteroatoms. The summed E-state index contributed by atoms with van der Waals surface area (Å²) in [6.07, 6.45) is -0.257. The van der Waals surface area contributed by atoms with E-state index < -0.39 is 0 Å². The molecule has 0 radical (unpaired) electrons. The van der Waals surface area contributed by atoms with Crippen molar-refractivity contribution in [3.05, 3.63) is 34.9 Å². The zero-order valence-electron chi connectivity index (χ0n) is 10.8. The minimum absolute atomic E-state index is 0.0346. The summed E-state index contributed by atoms with van der Waals surface area (Å²) in [4.78, 5) is 14.3. The molecule has 1 heterocycles. The zero-order valence-corrected chi connectivity index (χ0v) is 10.8. The standard InChI is InChI=1S/C14H19NO3/c1-10-4-3-5-11(2)13(10)14(17)15-6-7-18-12(8-15)9-16/h3-5,12,16H,6-9H2,1-2H3. The van der Waals surface area contributed by atoms with E-state index in [1.807, 2.05) is 32.0 Å². The number of nitrogens with zero attached hydrogens (tertiary/aromatic N) is 1. The van der Waals surface area contributed by atoms with E-state index in [1.165, 1.54) is 0 Å². The Bertz CT molecular complexity index is 424. The molecule has 18 heavy (non-hydrogen) atoms. The Morgan fingerprint density at radius 3 is 2.72 bits per heavy atom. The molecular weight excluding hydrogens is 230 g/mol. The molecule has 2 rings (SSSR count). The molecule has 1 aromatic rings. The number of morpholine rings is 1. The number of hydrogen-bond donors (Lipinski definition) is 1.